The predicted octanol–water partition coefficient (Wildman–Crippen LogP) is 7.05. The van der Waals surface area contributed by atoms with Crippen molar-refractivity contribution in [3.8, 4) is 0 Å². The molecule has 2 heterocycles. The largest absolute Gasteiger partial charge is 0.459 e. The van der Waals surface area contributed by atoms with Gasteiger partial charge in [-0.25, -0.2) is 0 Å². The van der Waals surface area contributed by atoms with Gasteiger partial charge in [-0.05, 0) is 82.2 Å². The normalized spacial score (nSPS) is 29.4. The van der Waals surface area contributed by atoms with Gasteiger partial charge >= 0.3 is 5.97 Å². The maximum Gasteiger partial charge on any atom is 0.306 e. The summed E-state index contributed by atoms with van der Waals surface area (Å²) in [5, 5.41) is 3.49. The third-order valence-corrected chi connectivity index (χ3v) is 9.29. The van der Waals surface area contributed by atoms with Gasteiger partial charge in [0.25, 0.3) is 0 Å². The van der Waals surface area contributed by atoms with Gasteiger partial charge in [-0.1, -0.05) is 72.1 Å². The van der Waals surface area contributed by atoms with Crippen molar-refractivity contribution in [1.82, 2.24) is 5.32 Å². The van der Waals surface area contributed by atoms with Crippen LogP contribution in [-0.2, 0) is 14.3 Å². The number of esters is 1. The van der Waals surface area contributed by atoms with E-state index in [1.54, 1.807) is 0 Å². The van der Waals surface area contributed by atoms with E-state index in [0.717, 1.165) is 69.6 Å². The molecule has 3 aliphatic rings. The summed E-state index contributed by atoms with van der Waals surface area (Å²) in [5.41, 5.74) is -0.0720. The fraction of sp³-hybridized carbons (Fsp3) is 0.966. The standard InChI is InChI=1S/C29H53NO3/c1-5-15-28(4,16-6-2)33-27(31)14-13-24-9-7-11-25(12-8-10-24)23(3)26-21-29(32-22-26)17-19-30-20-18-29/h23-26,30H,5-22H2,1-4H3. The Morgan fingerprint density at radius 2 is 1.70 bits per heavy atom. The first kappa shape index (κ1) is 27.0. The second kappa shape index (κ2) is 12.9. The maximum absolute atomic E-state index is 12.6. The third kappa shape index (κ3) is 7.95. The van der Waals surface area contributed by atoms with Gasteiger partial charge in [0, 0.05) is 6.42 Å². The zero-order valence-electron chi connectivity index (χ0n) is 22.3. The Hall–Kier alpha value is -0.610. The lowest BCUT2D eigenvalue weighted by molar-refractivity contribution is -0.160. The van der Waals surface area contributed by atoms with Crippen molar-refractivity contribution in [2.75, 3.05) is 19.7 Å². The van der Waals surface area contributed by atoms with E-state index >= 15 is 0 Å². The average Bonchev–Trinajstić information content (AvgIpc) is 3.16. The van der Waals surface area contributed by atoms with Crippen LogP contribution in [0.5, 0.6) is 0 Å². The Labute approximate surface area is 204 Å². The van der Waals surface area contributed by atoms with Gasteiger partial charge in [0.05, 0.1) is 12.2 Å². The second-order valence-electron chi connectivity index (χ2n) is 12.0. The molecule has 2 unspecified atom stereocenters. The quantitative estimate of drug-likeness (QED) is 0.353. The minimum Gasteiger partial charge on any atom is -0.459 e. The Morgan fingerprint density at radius 1 is 1.06 bits per heavy atom. The lowest BCUT2D eigenvalue weighted by atomic mass is 9.72. The highest BCUT2D eigenvalue weighted by Gasteiger charge is 2.43. The monoisotopic (exact) mass is 463 g/mol. The number of hydrogen-bond donors (Lipinski definition) is 1. The molecule has 3 fully saturated rings. The van der Waals surface area contributed by atoms with Crippen LogP contribution in [0.2, 0.25) is 0 Å². The summed E-state index contributed by atoms with van der Waals surface area (Å²) in [6, 6.07) is 0. The third-order valence-electron chi connectivity index (χ3n) is 9.29. The van der Waals surface area contributed by atoms with E-state index in [1.165, 1.54) is 57.8 Å². The molecule has 1 aliphatic carbocycles. The van der Waals surface area contributed by atoms with Crippen LogP contribution >= 0.6 is 0 Å². The molecule has 0 aromatic carbocycles. The number of carbonyl (C=O) groups is 1. The molecule has 1 N–H and O–H groups in total. The van der Waals surface area contributed by atoms with Crippen LogP contribution in [0, 0.1) is 23.7 Å². The SMILES string of the molecule is CCCC(C)(CCC)OC(=O)CCC1CCCC(C(C)C2COC3(CCNCC3)C2)CCC1. The molecule has 4 nitrogen and oxygen atoms in total. The van der Waals surface area contributed by atoms with Gasteiger partial charge < -0.3 is 14.8 Å². The minimum atomic E-state index is -0.262. The summed E-state index contributed by atoms with van der Waals surface area (Å²) in [6.45, 7) is 12.2. The summed E-state index contributed by atoms with van der Waals surface area (Å²) in [7, 11) is 0. The van der Waals surface area contributed by atoms with Gasteiger partial charge in [-0.2, -0.15) is 0 Å². The molecule has 3 rings (SSSR count). The van der Waals surface area contributed by atoms with Crippen molar-refractivity contribution in [1.29, 1.82) is 0 Å². The first-order chi connectivity index (χ1) is 15.9. The lowest BCUT2D eigenvalue weighted by Crippen LogP contribution is -2.41. The number of nitrogens with one attached hydrogen (secondary N) is 1. The Morgan fingerprint density at radius 3 is 2.30 bits per heavy atom. The molecule has 0 aromatic heterocycles. The highest BCUT2D eigenvalue weighted by molar-refractivity contribution is 5.69. The Bertz CT molecular complexity index is 569. The summed E-state index contributed by atoms with van der Waals surface area (Å²) in [4.78, 5) is 12.6. The maximum atomic E-state index is 12.6. The van der Waals surface area contributed by atoms with Crippen LogP contribution in [0.3, 0.4) is 0 Å². The van der Waals surface area contributed by atoms with Crippen LogP contribution in [0.25, 0.3) is 0 Å². The summed E-state index contributed by atoms with van der Waals surface area (Å²) in [5.74, 6) is 3.11. The van der Waals surface area contributed by atoms with Gasteiger partial charge in [0.15, 0.2) is 0 Å². The number of hydrogen-bond acceptors (Lipinski definition) is 4. The van der Waals surface area contributed by atoms with Gasteiger partial charge in [-0.15, -0.1) is 0 Å². The molecule has 0 bridgehead atoms. The smallest absolute Gasteiger partial charge is 0.306 e. The first-order valence-corrected chi connectivity index (χ1v) is 14.4. The molecule has 0 amide bonds. The number of ether oxygens (including phenoxy) is 2. The van der Waals surface area contributed by atoms with Crippen molar-refractivity contribution in [2.45, 2.75) is 135 Å². The zero-order valence-corrected chi connectivity index (χ0v) is 22.3. The molecular formula is C29H53NO3. The average molecular weight is 464 g/mol. The fourth-order valence-electron chi connectivity index (χ4n) is 7.21. The first-order valence-electron chi connectivity index (χ1n) is 14.4. The molecule has 1 spiro atoms. The topological polar surface area (TPSA) is 47.6 Å². The molecule has 2 atom stereocenters. The van der Waals surface area contributed by atoms with Crippen molar-refractivity contribution < 1.29 is 14.3 Å². The molecular weight excluding hydrogens is 410 g/mol. The van der Waals surface area contributed by atoms with Gasteiger partial charge in [0.2, 0.25) is 0 Å². The summed E-state index contributed by atoms with van der Waals surface area (Å²) >= 11 is 0. The van der Waals surface area contributed by atoms with Gasteiger partial charge in [0.1, 0.15) is 5.60 Å². The van der Waals surface area contributed by atoms with Crippen molar-refractivity contribution in [2.24, 2.45) is 23.7 Å². The molecule has 192 valence electrons. The molecule has 0 radical (unpaired) electrons. The summed E-state index contributed by atoms with van der Waals surface area (Å²) < 4.78 is 12.4. The lowest BCUT2D eigenvalue weighted by Gasteiger charge is -2.34. The fourth-order valence-corrected chi connectivity index (χ4v) is 7.21. The zero-order chi connectivity index (χ0) is 23.7. The number of rotatable bonds is 10. The van der Waals surface area contributed by atoms with Crippen LogP contribution in [0.4, 0.5) is 0 Å². The van der Waals surface area contributed by atoms with Crippen LogP contribution in [0.15, 0.2) is 0 Å². The highest BCUT2D eigenvalue weighted by Crippen LogP contribution is 2.44. The van der Waals surface area contributed by atoms with Crippen LogP contribution < -0.4 is 5.32 Å². The van der Waals surface area contributed by atoms with E-state index in [1.807, 2.05) is 0 Å². The van der Waals surface area contributed by atoms with Crippen LogP contribution in [0.1, 0.15) is 124 Å². The summed E-state index contributed by atoms with van der Waals surface area (Å²) in [6.07, 6.45) is 17.3. The van der Waals surface area contributed by atoms with E-state index in [-0.39, 0.29) is 17.2 Å². The molecule has 4 heteroatoms. The van der Waals surface area contributed by atoms with E-state index in [9.17, 15) is 4.79 Å². The van der Waals surface area contributed by atoms with Crippen molar-refractivity contribution >= 4 is 5.97 Å². The van der Waals surface area contributed by atoms with Crippen LogP contribution in [-0.4, -0.2) is 36.9 Å². The Kier molecular flexibility index (Phi) is 10.6. The predicted molar refractivity (Wildman–Crippen MR) is 136 cm³/mol. The van der Waals surface area contributed by atoms with E-state index in [2.05, 4.69) is 33.0 Å². The second-order valence-corrected chi connectivity index (χ2v) is 12.0. The number of piperidine rings is 1. The molecule has 2 saturated heterocycles. The highest BCUT2D eigenvalue weighted by atomic mass is 16.6. The van der Waals surface area contributed by atoms with Crippen molar-refractivity contribution in [3.63, 3.8) is 0 Å². The van der Waals surface area contributed by atoms with E-state index in [0.29, 0.717) is 12.3 Å². The molecule has 2 aliphatic heterocycles. The van der Waals surface area contributed by atoms with E-state index in [4.69, 9.17) is 9.47 Å². The molecule has 0 aromatic rings. The Balaban J connectivity index is 1.38. The molecule has 33 heavy (non-hydrogen) atoms. The van der Waals surface area contributed by atoms with Gasteiger partial charge in [-0.3, -0.25) is 4.79 Å². The molecule has 1 saturated carbocycles. The van der Waals surface area contributed by atoms with Crippen molar-refractivity contribution in [3.05, 3.63) is 0 Å². The number of carbonyl (C=O) groups excluding carboxylic acids is 1. The minimum absolute atomic E-state index is 0.0287. The van der Waals surface area contributed by atoms with E-state index < -0.39 is 0 Å².